The van der Waals surface area contributed by atoms with E-state index in [2.05, 4.69) is 177 Å². The molecular weight excluding hydrogens is 707 g/mol. The Morgan fingerprint density at radius 3 is 1.45 bits per heavy atom. The van der Waals surface area contributed by atoms with E-state index < -0.39 is 0 Å². The van der Waals surface area contributed by atoms with Gasteiger partial charge < -0.3 is 9.32 Å². The second-order valence-electron chi connectivity index (χ2n) is 13.7. The van der Waals surface area contributed by atoms with Gasteiger partial charge in [0.2, 0.25) is 11.8 Å². The molecule has 292 valence electrons. The van der Waals surface area contributed by atoms with Crippen LogP contribution in [0.25, 0.3) is 56.3 Å². The molecule has 1 heterocycles. The van der Waals surface area contributed by atoms with Crippen molar-refractivity contribution in [1.82, 2.24) is 10.2 Å². The molecule has 0 amide bonds. The maximum atomic E-state index is 6.02. The minimum absolute atomic E-state index is 0.456. The van der Waals surface area contributed by atoms with Gasteiger partial charge in [-0.1, -0.05) is 173 Å². The van der Waals surface area contributed by atoms with E-state index in [1.54, 1.807) is 6.08 Å². The minimum Gasteiger partial charge on any atom is -0.416 e. The first kappa shape index (κ1) is 42.4. The molecule has 0 radical (unpaired) electrons. The molecule has 4 heteroatoms. The normalized spacial score (nSPS) is 11.2. The molecule has 1 aromatic heterocycles. The van der Waals surface area contributed by atoms with E-state index in [9.17, 15) is 0 Å². The Morgan fingerprint density at radius 1 is 0.569 bits per heavy atom. The quantitative estimate of drug-likeness (QED) is 0.123. The number of hydrogen-bond donors (Lipinski definition) is 0. The van der Waals surface area contributed by atoms with Crippen LogP contribution in [0.3, 0.4) is 0 Å². The van der Waals surface area contributed by atoms with Crippen LogP contribution in [0.15, 0.2) is 205 Å². The maximum Gasteiger partial charge on any atom is 0.248 e. The fraction of sp³-hybridized carbons (Fsp3) is 0.148. The van der Waals surface area contributed by atoms with Gasteiger partial charge in [-0.15, -0.1) is 10.2 Å². The van der Waals surface area contributed by atoms with Gasteiger partial charge in [0.05, 0.1) is 0 Å². The monoisotopic (exact) mass is 761 g/mol. The zero-order valence-corrected chi connectivity index (χ0v) is 34.9. The van der Waals surface area contributed by atoms with Crippen LogP contribution in [0, 0.1) is 12.8 Å². The summed E-state index contributed by atoms with van der Waals surface area (Å²) < 4.78 is 6.02. The van der Waals surface area contributed by atoms with Gasteiger partial charge in [-0.25, -0.2) is 0 Å². The Kier molecular flexibility index (Phi) is 15.7. The highest BCUT2D eigenvalue weighted by atomic mass is 16.4. The summed E-state index contributed by atoms with van der Waals surface area (Å²) in [5.41, 5.74) is 13.4. The first-order valence-corrected chi connectivity index (χ1v) is 20.1. The first-order chi connectivity index (χ1) is 28.4. The summed E-state index contributed by atoms with van der Waals surface area (Å²) in [5.74, 6) is 1.47. The van der Waals surface area contributed by atoms with E-state index >= 15 is 0 Å². The topological polar surface area (TPSA) is 42.2 Å². The summed E-state index contributed by atoms with van der Waals surface area (Å²) in [6.45, 7) is 18.1. The predicted molar refractivity (Wildman–Crippen MR) is 249 cm³/mol. The summed E-state index contributed by atoms with van der Waals surface area (Å²) in [7, 11) is 0. The SMILES string of the molecule is C/C=C(\C=C/C(C)C)N(c1ccc(C)cc1)c1ccc(-c2ccccc2-c2ccccc2-c2ccc(-c3nnc(-c4ccccc4)o3)cc2)cc1.C=C/C=C\C.CC. The number of anilines is 2. The minimum atomic E-state index is 0.456. The van der Waals surface area contributed by atoms with E-state index in [0.717, 1.165) is 44.9 Å². The average Bonchev–Trinajstić information content (AvgIpc) is 3.78. The Balaban J connectivity index is 0.000000851. The number of benzene rings is 6. The predicted octanol–water partition coefficient (Wildman–Crippen LogP) is 15.7. The van der Waals surface area contributed by atoms with Crippen molar-refractivity contribution in [3.8, 4) is 56.3 Å². The summed E-state index contributed by atoms with van der Waals surface area (Å²) in [5, 5.41) is 8.59. The van der Waals surface area contributed by atoms with Crippen molar-refractivity contribution in [3.05, 3.63) is 206 Å². The van der Waals surface area contributed by atoms with Crippen LogP contribution in [0.2, 0.25) is 0 Å². The van der Waals surface area contributed by atoms with Gasteiger partial charge in [-0.3, -0.25) is 0 Å². The smallest absolute Gasteiger partial charge is 0.248 e. The molecule has 0 aliphatic rings. The van der Waals surface area contributed by atoms with Crippen molar-refractivity contribution >= 4 is 11.4 Å². The summed E-state index contributed by atoms with van der Waals surface area (Å²) in [6.07, 6.45) is 12.2. The van der Waals surface area contributed by atoms with Crippen LogP contribution in [0.1, 0.15) is 47.1 Å². The van der Waals surface area contributed by atoms with Crippen molar-refractivity contribution in [1.29, 1.82) is 0 Å². The van der Waals surface area contributed by atoms with Crippen molar-refractivity contribution in [3.63, 3.8) is 0 Å². The van der Waals surface area contributed by atoms with Gasteiger partial charge in [0.1, 0.15) is 0 Å². The van der Waals surface area contributed by atoms with Crippen LogP contribution in [-0.2, 0) is 0 Å². The van der Waals surface area contributed by atoms with Gasteiger partial charge >= 0.3 is 0 Å². The molecule has 0 unspecified atom stereocenters. The Labute approximate surface area is 346 Å². The molecule has 58 heavy (non-hydrogen) atoms. The Morgan fingerprint density at radius 2 is 1.00 bits per heavy atom. The van der Waals surface area contributed by atoms with Gasteiger partial charge in [0.25, 0.3) is 0 Å². The molecule has 0 bridgehead atoms. The molecule has 0 aliphatic heterocycles. The highest BCUT2D eigenvalue weighted by Gasteiger charge is 2.16. The van der Waals surface area contributed by atoms with Gasteiger partial charge in [0, 0.05) is 28.2 Å². The van der Waals surface area contributed by atoms with Crippen LogP contribution in [0.4, 0.5) is 11.4 Å². The largest absolute Gasteiger partial charge is 0.416 e. The van der Waals surface area contributed by atoms with Gasteiger partial charge in [-0.05, 0) is 115 Å². The highest BCUT2D eigenvalue weighted by Crippen LogP contribution is 2.40. The third kappa shape index (κ3) is 10.7. The first-order valence-electron chi connectivity index (χ1n) is 20.1. The van der Waals surface area contributed by atoms with Crippen LogP contribution in [0.5, 0.6) is 0 Å². The van der Waals surface area contributed by atoms with E-state index in [-0.39, 0.29) is 0 Å². The van der Waals surface area contributed by atoms with Crippen molar-refractivity contribution in [2.45, 2.75) is 48.5 Å². The zero-order chi connectivity index (χ0) is 41.3. The Hall–Kier alpha value is -6.78. The fourth-order valence-electron chi connectivity index (χ4n) is 6.43. The lowest BCUT2D eigenvalue weighted by Crippen LogP contribution is -2.15. The van der Waals surface area contributed by atoms with Crippen molar-refractivity contribution in [2.24, 2.45) is 5.92 Å². The third-order valence-electron chi connectivity index (χ3n) is 9.30. The van der Waals surface area contributed by atoms with E-state index in [4.69, 9.17) is 4.42 Å². The number of aromatic nitrogens is 2. The fourth-order valence-corrected chi connectivity index (χ4v) is 6.43. The lowest BCUT2D eigenvalue weighted by Gasteiger charge is -2.27. The zero-order valence-electron chi connectivity index (χ0n) is 34.9. The van der Waals surface area contributed by atoms with E-state index in [1.807, 2.05) is 75.4 Å². The standard InChI is InChI=1S/C47H41N3O.C5H8.C2H6/c1-5-39(28-19-33(2)3)50(40-29-20-34(4)21-30-40)41-31-26-36(27-32-41)43-16-10-12-18-45(43)44-17-11-9-15-42(44)35-22-24-38(25-23-35)47-49-48-46(51-47)37-13-7-6-8-14-37;1-3-5-4-2;1-2/h5-33H,1-4H3;3-5H,1H2,2H3;1-2H3/b28-19-,39-5+;5-4-;. The molecule has 7 rings (SSSR count). The number of hydrogen-bond acceptors (Lipinski definition) is 4. The Bertz CT molecular complexity index is 2410. The molecule has 0 fully saturated rings. The summed E-state index contributed by atoms with van der Waals surface area (Å²) >= 11 is 0. The molecule has 0 spiro atoms. The maximum absolute atomic E-state index is 6.02. The molecule has 0 saturated heterocycles. The van der Waals surface area contributed by atoms with Crippen molar-refractivity contribution < 1.29 is 4.42 Å². The summed E-state index contributed by atoms with van der Waals surface area (Å²) in [4.78, 5) is 2.32. The van der Waals surface area contributed by atoms with Crippen LogP contribution in [-0.4, -0.2) is 10.2 Å². The molecule has 7 aromatic rings. The number of allylic oxidation sites excluding steroid dienone is 6. The average molecular weight is 762 g/mol. The third-order valence-corrected chi connectivity index (χ3v) is 9.30. The molecule has 4 nitrogen and oxygen atoms in total. The molecule has 0 atom stereocenters. The molecule has 0 aliphatic carbocycles. The number of aryl methyl sites for hydroxylation is 1. The second-order valence-corrected chi connectivity index (χ2v) is 13.7. The molecular formula is C54H55N3O. The summed E-state index contributed by atoms with van der Waals surface area (Å²) in [6, 6.07) is 53.1. The van der Waals surface area contributed by atoms with Gasteiger partial charge in [-0.2, -0.15) is 0 Å². The molecule has 0 saturated carbocycles. The number of nitrogens with zero attached hydrogens (tertiary/aromatic N) is 3. The lowest BCUT2D eigenvalue weighted by atomic mass is 9.89. The highest BCUT2D eigenvalue weighted by molar-refractivity contribution is 5.92. The van der Waals surface area contributed by atoms with Gasteiger partial charge in [0.15, 0.2) is 0 Å². The number of rotatable bonds is 11. The second kappa shape index (κ2) is 21.5. The van der Waals surface area contributed by atoms with Crippen LogP contribution < -0.4 is 4.90 Å². The lowest BCUT2D eigenvalue weighted by molar-refractivity contribution is 0.584. The van der Waals surface area contributed by atoms with E-state index in [1.165, 1.54) is 22.3 Å². The van der Waals surface area contributed by atoms with Crippen LogP contribution >= 0.6 is 0 Å². The molecule has 0 N–H and O–H groups in total. The van der Waals surface area contributed by atoms with Crippen molar-refractivity contribution in [2.75, 3.05) is 4.90 Å². The van der Waals surface area contributed by atoms with E-state index in [0.29, 0.717) is 17.7 Å². The molecule has 6 aromatic carbocycles.